The van der Waals surface area contributed by atoms with Crippen molar-refractivity contribution < 1.29 is 43.8 Å². The molecule has 0 aliphatic rings. The van der Waals surface area contributed by atoms with E-state index in [4.69, 9.17) is 18.7 Å². The van der Waals surface area contributed by atoms with Crippen molar-refractivity contribution in [3.8, 4) is 17.2 Å². The number of benzene rings is 2. The predicted octanol–water partition coefficient (Wildman–Crippen LogP) is 0.646. The van der Waals surface area contributed by atoms with E-state index in [-0.39, 0.29) is 41.5 Å². The molecule has 136 valence electrons. The summed E-state index contributed by atoms with van der Waals surface area (Å²) in [5, 5.41) is 0.837. The van der Waals surface area contributed by atoms with E-state index in [0.29, 0.717) is 29.4 Å². The second-order valence-electron chi connectivity index (χ2n) is 5.26. The molecule has 0 fully saturated rings. The minimum Gasteiger partial charge on any atom is -1.00 e. The van der Waals surface area contributed by atoms with Crippen LogP contribution in [0.3, 0.4) is 0 Å². The Labute approximate surface area is 169 Å². The molecular formula is C19H24LiO5P. The van der Waals surface area contributed by atoms with Gasteiger partial charge in [-0.2, -0.15) is 0 Å². The monoisotopic (exact) mass is 370 g/mol. The van der Waals surface area contributed by atoms with Crippen molar-refractivity contribution in [2.75, 3.05) is 27.4 Å². The zero-order chi connectivity index (χ0) is 18.2. The first kappa shape index (κ1) is 22.5. The van der Waals surface area contributed by atoms with Crippen LogP contribution in [0.25, 0.3) is 0 Å². The average molecular weight is 370 g/mol. The van der Waals surface area contributed by atoms with Crippen LogP contribution in [-0.4, -0.2) is 33.2 Å². The van der Waals surface area contributed by atoms with Crippen molar-refractivity contribution in [3.63, 3.8) is 0 Å². The average Bonchev–Trinajstić information content (AvgIpc) is 2.64. The molecule has 0 aromatic heterocycles. The summed E-state index contributed by atoms with van der Waals surface area (Å²) in [6.45, 7) is 4.39. The van der Waals surface area contributed by atoms with E-state index in [1.165, 1.54) is 0 Å². The van der Waals surface area contributed by atoms with Gasteiger partial charge in [-0.3, -0.25) is 4.79 Å². The summed E-state index contributed by atoms with van der Waals surface area (Å²) in [5.74, 6) is 1.67. The number of hydrogen-bond donors (Lipinski definition) is 0. The van der Waals surface area contributed by atoms with Gasteiger partial charge in [0.05, 0.1) is 28.3 Å². The van der Waals surface area contributed by atoms with Gasteiger partial charge in [0.2, 0.25) is 0 Å². The number of methoxy groups -OCH3 is 2. The molecule has 1 atom stereocenters. The summed E-state index contributed by atoms with van der Waals surface area (Å²) in [6.07, 6.45) is 0. The summed E-state index contributed by atoms with van der Waals surface area (Å²) in [5.41, 5.74) is 1.59. The summed E-state index contributed by atoms with van der Waals surface area (Å²) >= 11 is 0. The molecule has 2 rings (SSSR count). The van der Waals surface area contributed by atoms with Gasteiger partial charge in [-0.25, -0.2) is 0 Å². The van der Waals surface area contributed by atoms with Crippen LogP contribution in [0.4, 0.5) is 0 Å². The quantitative estimate of drug-likeness (QED) is 0.369. The molecule has 0 aliphatic heterocycles. The van der Waals surface area contributed by atoms with Crippen LogP contribution in [0.5, 0.6) is 17.2 Å². The summed E-state index contributed by atoms with van der Waals surface area (Å²) in [6, 6.07) is 10.9. The minimum atomic E-state index is -0.0729. The van der Waals surface area contributed by atoms with Crippen LogP contribution in [0.1, 0.15) is 24.3 Å². The third-order valence-corrected chi connectivity index (χ3v) is 4.74. The number of aryl methyl sites for hydroxylation is 1. The molecule has 2 aromatic carbocycles. The second kappa shape index (κ2) is 11.3. The second-order valence-corrected chi connectivity index (χ2v) is 6.26. The van der Waals surface area contributed by atoms with Crippen molar-refractivity contribution >= 4 is 19.9 Å². The smallest absolute Gasteiger partial charge is 1.00 e. The molecule has 7 heteroatoms. The van der Waals surface area contributed by atoms with E-state index in [9.17, 15) is 4.79 Å². The zero-order valence-electron chi connectivity index (χ0n) is 16.9. The van der Waals surface area contributed by atoms with Gasteiger partial charge in [0.1, 0.15) is 17.2 Å². The van der Waals surface area contributed by atoms with Gasteiger partial charge in [-0.05, 0) is 19.4 Å². The number of rotatable bonds is 9. The van der Waals surface area contributed by atoms with Crippen molar-refractivity contribution in [1.82, 2.24) is 0 Å². The zero-order valence-corrected chi connectivity index (χ0v) is 16.9. The Hall–Kier alpha value is -1.50. The van der Waals surface area contributed by atoms with Crippen molar-refractivity contribution in [1.29, 1.82) is 0 Å². The summed E-state index contributed by atoms with van der Waals surface area (Å²) in [7, 11) is 3.27. The van der Waals surface area contributed by atoms with Gasteiger partial charge in [0.25, 0.3) is 0 Å². The van der Waals surface area contributed by atoms with E-state index in [1.807, 2.05) is 32.0 Å². The first-order valence-corrected chi connectivity index (χ1v) is 8.87. The Morgan fingerprint density at radius 1 is 1.12 bits per heavy atom. The molecule has 26 heavy (non-hydrogen) atoms. The molecule has 0 saturated carbocycles. The van der Waals surface area contributed by atoms with Crippen LogP contribution in [-0.2, 0) is 4.52 Å². The van der Waals surface area contributed by atoms with Gasteiger partial charge in [-0.15, -0.1) is 0 Å². The van der Waals surface area contributed by atoms with Crippen molar-refractivity contribution in [2.24, 2.45) is 0 Å². The molecule has 0 spiro atoms. The van der Waals surface area contributed by atoms with Crippen molar-refractivity contribution in [2.45, 2.75) is 13.8 Å². The maximum Gasteiger partial charge on any atom is 1.00 e. The molecular weight excluding hydrogens is 346 g/mol. The number of Topliss-reactive ketones (excluding diaryl/α,β-unsaturated/α-hetero) is 1. The number of carbonyl (C=O) groups excluding carboxylic acids is 1. The topological polar surface area (TPSA) is 54.0 Å². The van der Waals surface area contributed by atoms with Gasteiger partial charge in [-0.1, -0.05) is 24.3 Å². The van der Waals surface area contributed by atoms with E-state index in [0.717, 1.165) is 10.9 Å². The molecule has 0 heterocycles. The minimum absolute atomic E-state index is 0. The molecule has 0 radical (unpaired) electrons. The molecule has 0 aliphatic carbocycles. The first-order chi connectivity index (χ1) is 12.1. The summed E-state index contributed by atoms with van der Waals surface area (Å²) in [4.78, 5) is 12.3. The first-order valence-electron chi connectivity index (χ1n) is 7.96. The normalized spacial score (nSPS) is 10.5. The maximum absolute atomic E-state index is 12.3. The fourth-order valence-corrected chi connectivity index (χ4v) is 3.17. The number of ether oxygens (including phenoxy) is 3. The third-order valence-electron chi connectivity index (χ3n) is 3.61. The van der Waals surface area contributed by atoms with Gasteiger partial charge >= 0.3 is 18.9 Å². The molecule has 5 nitrogen and oxygen atoms in total. The van der Waals surface area contributed by atoms with Crippen LogP contribution >= 0.6 is 8.81 Å². The third kappa shape index (κ3) is 5.76. The van der Waals surface area contributed by atoms with E-state index >= 15 is 0 Å². The summed E-state index contributed by atoms with van der Waals surface area (Å²) < 4.78 is 22.0. The van der Waals surface area contributed by atoms with Gasteiger partial charge in [0, 0.05) is 24.3 Å². The fraction of sp³-hybridized carbons (Fsp3) is 0.316. The predicted molar refractivity (Wildman–Crippen MR) is 101 cm³/mol. The van der Waals surface area contributed by atoms with E-state index in [2.05, 4.69) is 0 Å². The Balaban J connectivity index is 0.00000338. The molecule has 2 aromatic rings. The molecule has 0 saturated heterocycles. The molecule has 1 unspecified atom stereocenters. The largest absolute Gasteiger partial charge is 1.00 e. The van der Waals surface area contributed by atoms with Crippen molar-refractivity contribution in [3.05, 3.63) is 47.5 Å². The van der Waals surface area contributed by atoms with Crippen LogP contribution < -0.4 is 38.4 Å². The number of ketones is 1. The Kier molecular flexibility index (Phi) is 9.76. The fourth-order valence-electron chi connectivity index (χ4n) is 2.33. The Morgan fingerprint density at radius 2 is 1.73 bits per heavy atom. The van der Waals surface area contributed by atoms with Gasteiger partial charge in [0.15, 0.2) is 12.4 Å². The van der Waals surface area contributed by atoms with Crippen LogP contribution in [0.15, 0.2) is 36.4 Å². The molecule has 0 N–H and O–H groups in total. The Bertz CT molecular complexity index is 717. The number of hydrogen-bond acceptors (Lipinski definition) is 5. The number of carbonyl (C=O) groups is 1. The molecule has 0 amide bonds. The SMILES string of the molecule is CCOPc1c(OC)cc(OCC(=O)c2ccccc2C)cc1OC.[H-].[Li+]. The molecule has 0 bridgehead atoms. The van der Waals surface area contributed by atoms with E-state index < -0.39 is 0 Å². The van der Waals surface area contributed by atoms with Crippen LogP contribution in [0.2, 0.25) is 0 Å². The van der Waals surface area contributed by atoms with E-state index in [1.54, 1.807) is 32.4 Å². The Morgan fingerprint density at radius 3 is 2.27 bits per heavy atom. The maximum atomic E-state index is 12.3. The van der Waals surface area contributed by atoms with Gasteiger partial charge < -0.3 is 20.2 Å². The van der Waals surface area contributed by atoms with Crippen LogP contribution in [0, 0.1) is 6.92 Å². The standard InChI is InChI=1S/C19H23O5P.Li.H/c1-5-24-25-19-17(21-3)10-14(11-18(19)22-4)23-12-16(20)15-9-7-6-8-13(15)2;;/h6-11,25H,5,12H2,1-4H3;;/q;+1;-1.